The summed E-state index contributed by atoms with van der Waals surface area (Å²) in [6, 6.07) is 5.75. The molecule has 0 saturated heterocycles. The van der Waals surface area contributed by atoms with Crippen molar-refractivity contribution >= 4 is 21.8 Å². The van der Waals surface area contributed by atoms with Gasteiger partial charge in [-0.25, -0.2) is 13.1 Å². The van der Waals surface area contributed by atoms with Gasteiger partial charge in [0.05, 0.1) is 11.4 Å². The van der Waals surface area contributed by atoms with Crippen molar-refractivity contribution in [1.29, 1.82) is 0 Å². The van der Waals surface area contributed by atoms with Crippen LogP contribution in [-0.4, -0.2) is 50.3 Å². The molecule has 0 heterocycles. The van der Waals surface area contributed by atoms with E-state index in [1.807, 2.05) is 13.8 Å². The number of benzene rings is 1. The minimum Gasteiger partial charge on any atom is -0.352 e. The molecule has 0 aliphatic carbocycles. The molecule has 0 radical (unpaired) electrons. The minimum absolute atomic E-state index is 0.00769. The summed E-state index contributed by atoms with van der Waals surface area (Å²) in [6.45, 7) is 8.77. The van der Waals surface area contributed by atoms with E-state index in [9.17, 15) is 18.0 Å². The lowest BCUT2D eigenvalue weighted by Gasteiger charge is -2.21. The van der Waals surface area contributed by atoms with Crippen molar-refractivity contribution in [2.24, 2.45) is 0 Å². The third-order valence-electron chi connectivity index (χ3n) is 3.01. The molecule has 0 aromatic heterocycles. The van der Waals surface area contributed by atoms with Crippen LogP contribution in [0, 0.1) is 0 Å². The van der Waals surface area contributed by atoms with E-state index in [-0.39, 0.29) is 29.0 Å². The molecule has 8 heteroatoms. The first-order chi connectivity index (χ1) is 11.3. The zero-order valence-corrected chi connectivity index (χ0v) is 16.4. The van der Waals surface area contributed by atoms with E-state index in [0.29, 0.717) is 0 Å². The highest BCUT2D eigenvalue weighted by atomic mass is 32.2. The van der Waals surface area contributed by atoms with E-state index < -0.39 is 21.5 Å². The van der Waals surface area contributed by atoms with Crippen molar-refractivity contribution in [2.75, 3.05) is 13.6 Å². The van der Waals surface area contributed by atoms with E-state index in [1.165, 1.54) is 36.2 Å². The lowest BCUT2D eigenvalue weighted by atomic mass is 10.1. The molecule has 0 aliphatic rings. The van der Waals surface area contributed by atoms with Crippen LogP contribution in [0.1, 0.15) is 45.0 Å². The number of carbonyl (C=O) groups is 2. The van der Waals surface area contributed by atoms with Crippen LogP contribution < -0.4 is 10.0 Å². The molecule has 0 unspecified atom stereocenters. The molecular formula is C17H27N3O4S. The largest absolute Gasteiger partial charge is 0.352 e. The van der Waals surface area contributed by atoms with Crippen LogP contribution in [0.15, 0.2) is 29.2 Å². The standard InChI is InChI=1S/C17H27N3O4S/c1-12(2)18-15(21)11-20(6)16(22)13-8-7-9-14(10-13)25(23,24)19-17(3,4)5/h7-10,12,19H,11H2,1-6H3,(H,18,21). The second-order valence-electron chi connectivity index (χ2n) is 7.27. The fourth-order valence-electron chi connectivity index (χ4n) is 2.13. The predicted octanol–water partition coefficient (Wildman–Crippen LogP) is 1.36. The lowest BCUT2D eigenvalue weighted by Crippen LogP contribution is -2.41. The molecule has 0 bridgehead atoms. The van der Waals surface area contributed by atoms with Crippen molar-refractivity contribution in [3.63, 3.8) is 0 Å². The van der Waals surface area contributed by atoms with Gasteiger partial charge in [0, 0.05) is 24.2 Å². The zero-order valence-electron chi connectivity index (χ0n) is 15.6. The fraction of sp³-hybridized carbons (Fsp3) is 0.529. The molecule has 0 atom stereocenters. The maximum absolute atomic E-state index is 12.5. The molecule has 140 valence electrons. The molecule has 25 heavy (non-hydrogen) atoms. The van der Waals surface area contributed by atoms with E-state index in [1.54, 1.807) is 20.8 Å². The SMILES string of the molecule is CC(C)NC(=O)CN(C)C(=O)c1cccc(S(=O)(=O)NC(C)(C)C)c1. The van der Waals surface area contributed by atoms with Gasteiger partial charge in [-0.05, 0) is 52.8 Å². The Labute approximate surface area is 149 Å². The number of rotatable bonds is 6. The van der Waals surface area contributed by atoms with Crippen molar-refractivity contribution < 1.29 is 18.0 Å². The number of hydrogen-bond donors (Lipinski definition) is 2. The first-order valence-corrected chi connectivity index (χ1v) is 9.49. The maximum Gasteiger partial charge on any atom is 0.254 e. The third-order valence-corrected chi connectivity index (χ3v) is 4.76. The van der Waals surface area contributed by atoms with Crippen LogP contribution in [-0.2, 0) is 14.8 Å². The number of hydrogen-bond acceptors (Lipinski definition) is 4. The smallest absolute Gasteiger partial charge is 0.254 e. The van der Waals surface area contributed by atoms with Gasteiger partial charge in [0.2, 0.25) is 15.9 Å². The number of sulfonamides is 1. The van der Waals surface area contributed by atoms with Gasteiger partial charge in [-0.2, -0.15) is 0 Å². The highest BCUT2D eigenvalue weighted by Gasteiger charge is 2.23. The Bertz CT molecular complexity index is 737. The minimum atomic E-state index is -3.74. The highest BCUT2D eigenvalue weighted by Crippen LogP contribution is 2.15. The summed E-state index contributed by atoms with van der Waals surface area (Å²) < 4.78 is 27.3. The summed E-state index contributed by atoms with van der Waals surface area (Å²) in [5.74, 6) is -0.698. The summed E-state index contributed by atoms with van der Waals surface area (Å²) in [4.78, 5) is 25.5. The summed E-state index contributed by atoms with van der Waals surface area (Å²) >= 11 is 0. The van der Waals surface area contributed by atoms with Crippen LogP contribution >= 0.6 is 0 Å². The number of amides is 2. The zero-order chi connectivity index (χ0) is 19.4. The second kappa shape index (κ2) is 7.97. The number of likely N-dealkylation sites (N-methyl/N-ethyl adjacent to an activating group) is 1. The molecule has 1 aromatic rings. The summed E-state index contributed by atoms with van der Waals surface area (Å²) in [6.07, 6.45) is 0. The van der Waals surface area contributed by atoms with E-state index in [2.05, 4.69) is 10.0 Å². The molecule has 1 rings (SSSR count). The Hall–Kier alpha value is -1.93. The topological polar surface area (TPSA) is 95.6 Å². The molecule has 0 fully saturated rings. The Kier molecular flexibility index (Phi) is 6.73. The second-order valence-corrected chi connectivity index (χ2v) is 8.95. The summed E-state index contributed by atoms with van der Waals surface area (Å²) in [5.41, 5.74) is -0.429. The first kappa shape index (κ1) is 21.1. The van der Waals surface area contributed by atoms with Crippen molar-refractivity contribution in [2.45, 2.75) is 51.1 Å². The normalized spacial score (nSPS) is 12.1. The summed E-state index contributed by atoms with van der Waals surface area (Å²) in [7, 11) is -2.24. The quantitative estimate of drug-likeness (QED) is 0.791. The molecule has 0 aliphatic heterocycles. The van der Waals surface area contributed by atoms with Gasteiger partial charge in [-0.1, -0.05) is 6.07 Å². The van der Waals surface area contributed by atoms with Crippen molar-refractivity contribution in [3.8, 4) is 0 Å². The van der Waals surface area contributed by atoms with E-state index in [0.717, 1.165) is 0 Å². The number of carbonyl (C=O) groups excluding carboxylic acids is 2. The monoisotopic (exact) mass is 369 g/mol. The van der Waals surface area contributed by atoms with Crippen molar-refractivity contribution in [3.05, 3.63) is 29.8 Å². The lowest BCUT2D eigenvalue weighted by molar-refractivity contribution is -0.122. The average Bonchev–Trinajstić information content (AvgIpc) is 2.43. The molecular weight excluding hydrogens is 342 g/mol. The van der Waals surface area contributed by atoms with E-state index >= 15 is 0 Å². The van der Waals surface area contributed by atoms with Crippen LogP contribution in [0.4, 0.5) is 0 Å². The van der Waals surface area contributed by atoms with Gasteiger partial charge in [-0.3, -0.25) is 9.59 Å². The Morgan fingerprint density at radius 3 is 2.32 bits per heavy atom. The first-order valence-electron chi connectivity index (χ1n) is 8.01. The van der Waals surface area contributed by atoms with E-state index in [4.69, 9.17) is 0 Å². The van der Waals surface area contributed by atoms with Crippen LogP contribution in [0.25, 0.3) is 0 Å². The molecule has 7 nitrogen and oxygen atoms in total. The Morgan fingerprint density at radius 2 is 1.80 bits per heavy atom. The predicted molar refractivity (Wildman–Crippen MR) is 96.8 cm³/mol. The molecule has 2 amide bonds. The van der Waals surface area contributed by atoms with Gasteiger partial charge < -0.3 is 10.2 Å². The van der Waals surface area contributed by atoms with Crippen LogP contribution in [0.3, 0.4) is 0 Å². The highest BCUT2D eigenvalue weighted by molar-refractivity contribution is 7.89. The molecule has 0 saturated carbocycles. The maximum atomic E-state index is 12.5. The molecule has 1 aromatic carbocycles. The van der Waals surface area contributed by atoms with Crippen LogP contribution in [0.5, 0.6) is 0 Å². The Balaban J connectivity index is 2.97. The number of nitrogens with one attached hydrogen (secondary N) is 2. The van der Waals surface area contributed by atoms with Gasteiger partial charge in [0.1, 0.15) is 0 Å². The summed E-state index contributed by atoms with van der Waals surface area (Å²) in [5, 5.41) is 2.70. The van der Waals surface area contributed by atoms with Crippen LogP contribution in [0.2, 0.25) is 0 Å². The van der Waals surface area contributed by atoms with Gasteiger partial charge >= 0.3 is 0 Å². The molecule has 0 spiro atoms. The van der Waals surface area contributed by atoms with Gasteiger partial charge in [0.25, 0.3) is 5.91 Å². The average molecular weight is 369 g/mol. The molecule has 2 N–H and O–H groups in total. The van der Waals surface area contributed by atoms with Gasteiger partial charge in [0.15, 0.2) is 0 Å². The fourth-order valence-corrected chi connectivity index (χ4v) is 3.60. The number of nitrogens with zero attached hydrogens (tertiary/aromatic N) is 1. The third kappa shape index (κ3) is 6.83. The Morgan fingerprint density at radius 1 is 1.20 bits per heavy atom. The van der Waals surface area contributed by atoms with Crippen molar-refractivity contribution in [1.82, 2.24) is 14.9 Å². The van der Waals surface area contributed by atoms with Gasteiger partial charge in [-0.15, -0.1) is 0 Å².